The molecule has 180 valence electrons. The molecule has 0 atom stereocenters. The number of ether oxygens (including phenoxy) is 2. The number of amides is 1. The van der Waals surface area contributed by atoms with Gasteiger partial charge in [0.05, 0.1) is 31.0 Å². The van der Waals surface area contributed by atoms with Crippen LogP contribution < -0.4 is 15.0 Å². The van der Waals surface area contributed by atoms with E-state index in [9.17, 15) is 10.1 Å². The standard InChI is InChI=1S/C26H27N5O4/c27-17-21-16-20(3-6-24(21)35-12-9-29-26(33)18-32)23-7-8-28-25(30-23)15-19-1-4-22(5-2-19)31-10-13-34-14-11-31/h1-8,16,32H,9-15,18H2,(H,29,33). The average molecular weight is 474 g/mol. The van der Waals surface area contributed by atoms with Crippen LogP contribution in [-0.4, -0.2) is 67.0 Å². The van der Waals surface area contributed by atoms with Crippen LogP contribution in [0.25, 0.3) is 11.3 Å². The number of aliphatic hydroxyl groups excluding tert-OH is 1. The molecule has 1 saturated heterocycles. The van der Waals surface area contributed by atoms with Gasteiger partial charge < -0.3 is 24.8 Å². The number of carbonyl (C=O) groups is 1. The van der Waals surface area contributed by atoms with Gasteiger partial charge in [-0.25, -0.2) is 9.97 Å². The Kier molecular flexibility index (Phi) is 8.22. The Bertz CT molecular complexity index is 1190. The molecule has 0 bridgehead atoms. The van der Waals surface area contributed by atoms with E-state index in [1.165, 1.54) is 5.69 Å². The van der Waals surface area contributed by atoms with E-state index in [1.54, 1.807) is 18.3 Å². The number of nitrogens with one attached hydrogen (secondary N) is 1. The molecule has 9 nitrogen and oxygen atoms in total. The maximum absolute atomic E-state index is 11.1. The fraction of sp³-hybridized carbons (Fsp3) is 0.308. The first-order valence-corrected chi connectivity index (χ1v) is 11.4. The van der Waals surface area contributed by atoms with Crippen molar-refractivity contribution in [2.75, 3.05) is 51.0 Å². The first-order valence-electron chi connectivity index (χ1n) is 11.4. The average Bonchev–Trinajstić information content (AvgIpc) is 2.92. The van der Waals surface area contributed by atoms with Crippen molar-refractivity contribution in [3.8, 4) is 23.1 Å². The summed E-state index contributed by atoms with van der Waals surface area (Å²) in [7, 11) is 0. The van der Waals surface area contributed by atoms with Crippen molar-refractivity contribution in [3.05, 3.63) is 71.7 Å². The molecule has 0 unspecified atom stereocenters. The van der Waals surface area contributed by atoms with E-state index in [0.717, 1.165) is 43.1 Å². The predicted molar refractivity (Wildman–Crippen MR) is 130 cm³/mol. The number of benzene rings is 2. The molecule has 2 N–H and O–H groups in total. The molecule has 0 aliphatic carbocycles. The number of aromatic nitrogens is 2. The van der Waals surface area contributed by atoms with Gasteiger partial charge in [0.1, 0.15) is 30.9 Å². The smallest absolute Gasteiger partial charge is 0.245 e. The zero-order chi connectivity index (χ0) is 24.5. The largest absolute Gasteiger partial charge is 0.490 e. The molecule has 0 radical (unpaired) electrons. The van der Waals surface area contributed by atoms with Gasteiger partial charge in [-0.1, -0.05) is 12.1 Å². The van der Waals surface area contributed by atoms with Gasteiger partial charge in [0.2, 0.25) is 5.91 Å². The van der Waals surface area contributed by atoms with Crippen LogP contribution in [0.5, 0.6) is 5.75 Å². The normalized spacial score (nSPS) is 13.2. The van der Waals surface area contributed by atoms with Crippen LogP contribution in [0.4, 0.5) is 5.69 Å². The first-order chi connectivity index (χ1) is 17.2. The fourth-order valence-corrected chi connectivity index (χ4v) is 3.78. The minimum Gasteiger partial charge on any atom is -0.490 e. The Morgan fingerprint density at radius 2 is 1.97 bits per heavy atom. The maximum Gasteiger partial charge on any atom is 0.245 e. The van der Waals surface area contributed by atoms with Crippen LogP contribution in [-0.2, 0) is 16.0 Å². The Balaban J connectivity index is 1.41. The molecular formula is C26H27N5O4. The second kappa shape index (κ2) is 11.9. The Morgan fingerprint density at radius 1 is 1.17 bits per heavy atom. The van der Waals surface area contributed by atoms with Crippen molar-refractivity contribution >= 4 is 11.6 Å². The highest BCUT2D eigenvalue weighted by Gasteiger charge is 2.12. The van der Waals surface area contributed by atoms with Crippen molar-refractivity contribution < 1.29 is 19.4 Å². The van der Waals surface area contributed by atoms with E-state index >= 15 is 0 Å². The first kappa shape index (κ1) is 24.1. The molecule has 2 aromatic carbocycles. The SMILES string of the molecule is N#Cc1cc(-c2ccnc(Cc3ccc(N4CCOCC4)cc3)n2)ccc1OCCNC(=O)CO. The van der Waals surface area contributed by atoms with E-state index in [1.807, 2.05) is 12.1 Å². The molecule has 0 saturated carbocycles. The monoisotopic (exact) mass is 473 g/mol. The molecule has 4 rings (SSSR count). The number of rotatable bonds is 9. The minimum atomic E-state index is -0.571. The third kappa shape index (κ3) is 6.53. The number of morpholine rings is 1. The molecule has 1 fully saturated rings. The highest BCUT2D eigenvalue weighted by molar-refractivity contribution is 5.76. The maximum atomic E-state index is 11.1. The van der Waals surface area contributed by atoms with Crippen molar-refractivity contribution in [1.29, 1.82) is 5.26 Å². The number of hydrogen-bond donors (Lipinski definition) is 2. The summed E-state index contributed by atoms with van der Waals surface area (Å²) in [6.07, 6.45) is 2.32. The topological polar surface area (TPSA) is 121 Å². The van der Waals surface area contributed by atoms with Gasteiger partial charge in [0.15, 0.2) is 0 Å². The summed E-state index contributed by atoms with van der Waals surface area (Å²) in [6.45, 7) is 3.16. The van der Waals surface area contributed by atoms with E-state index in [4.69, 9.17) is 19.6 Å². The lowest BCUT2D eigenvalue weighted by Gasteiger charge is -2.28. The van der Waals surface area contributed by atoms with Crippen LogP contribution in [0, 0.1) is 11.3 Å². The lowest BCUT2D eigenvalue weighted by Crippen LogP contribution is -2.36. The lowest BCUT2D eigenvalue weighted by molar-refractivity contribution is -0.123. The van der Waals surface area contributed by atoms with Crippen LogP contribution >= 0.6 is 0 Å². The molecule has 1 aromatic heterocycles. The summed E-state index contributed by atoms with van der Waals surface area (Å²) in [6, 6.07) is 17.7. The molecule has 3 aromatic rings. The lowest BCUT2D eigenvalue weighted by atomic mass is 10.1. The summed E-state index contributed by atoms with van der Waals surface area (Å²) in [5.74, 6) is 0.640. The van der Waals surface area contributed by atoms with Crippen LogP contribution in [0.3, 0.4) is 0 Å². The molecule has 1 amide bonds. The fourth-order valence-electron chi connectivity index (χ4n) is 3.78. The quantitative estimate of drug-likeness (QED) is 0.453. The van der Waals surface area contributed by atoms with Gasteiger partial charge in [-0.15, -0.1) is 0 Å². The van der Waals surface area contributed by atoms with Gasteiger partial charge in [-0.3, -0.25) is 4.79 Å². The van der Waals surface area contributed by atoms with Crippen LogP contribution in [0.2, 0.25) is 0 Å². The third-order valence-electron chi connectivity index (χ3n) is 5.60. The number of hydrogen-bond acceptors (Lipinski definition) is 8. The van der Waals surface area contributed by atoms with Gasteiger partial charge >= 0.3 is 0 Å². The molecule has 1 aliphatic heterocycles. The summed E-state index contributed by atoms with van der Waals surface area (Å²) in [4.78, 5) is 22.5. The van der Waals surface area contributed by atoms with Gasteiger partial charge in [0, 0.05) is 37.0 Å². The van der Waals surface area contributed by atoms with E-state index < -0.39 is 12.5 Å². The molecule has 2 heterocycles. The Labute approximate surface area is 204 Å². The van der Waals surface area contributed by atoms with Gasteiger partial charge in [-0.2, -0.15) is 5.26 Å². The van der Waals surface area contributed by atoms with E-state index in [-0.39, 0.29) is 13.2 Å². The van der Waals surface area contributed by atoms with Crippen molar-refractivity contribution in [1.82, 2.24) is 15.3 Å². The zero-order valence-electron chi connectivity index (χ0n) is 19.3. The zero-order valence-corrected chi connectivity index (χ0v) is 19.3. The number of anilines is 1. The molecular weight excluding hydrogens is 446 g/mol. The number of nitrogens with zero attached hydrogens (tertiary/aromatic N) is 4. The van der Waals surface area contributed by atoms with Crippen LogP contribution in [0.1, 0.15) is 17.0 Å². The molecule has 9 heteroatoms. The van der Waals surface area contributed by atoms with E-state index in [0.29, 0.717) is 23.6 Å². The van der Waals surface area contributed by atoms with Crippen LogP contribution in [0.15, 0.2) is 54.7 Å². The number of nitriles is 1. The second-order valence-corrected chi connectivity index (χ2v) is 7.98. The highest BCUT2D eigenvalue weighted by Crippen LogP contribution is 2.26. The van der Waals surface area contributed by atoms with Gasteiger partial charge in [0.25, 0.3) is 0 Å². The third-order valence-corrected chi connectivity index (χ3v) is 5.60. The summed E-state index contributed by atoms with van der Waals surface area (Å²) < 4.78 is 11.0. The molecule has 1 aliphatic rings. The van der Waals surface area contributed by atoms with Crippen molar-refractivity contribution in [2.24, 2.45) is 0 Å². The summed E-state index contributed by atoms with van der Waals surface area (Å²) in [5, 5.41) is 20.8. The Hall–Kier alpha value is -4.00. The predicted octanol–water partition coefficient (Wildman–Crippen LogP) is 1.93. The van der Waals surface area contributed by atoms with Crippen molar-refractivity contribution in [3.63, 3.8) is 0 Å². The van der Waals surface area contributed by atoms with Gasteiger partial charge in [-0.05, 0) is 42.0 Å². The second-order valence-electron chi connectivity index (χ2n) is 7.98. The summed E-state index contributed by atoms with van der Waals surface area (Å²) in [5.41, 5.74) is 4.18. The Morgan fingerprint density at radius 3 is 2.71 bits per heavy atom. The van der Waals surface area contributed by atoms with E-state index in [2.05, 4.69) is 45.5 Å². The molecule has 35 heavy (non-hydrogen) atoms. The number of carbonyl (C=O) groups excluding carboxylic acids is 1. The minimum absolute atomic E-state index is 0.182. The summed E-state index contributed by atoms with van der Waals surface area (Å²) >= 11 is 0. The molecule has 0 spiro atoms. The number of aliphatic hydroxyl groups is 1. The highest BCUT2D eigenvalue weighted by atomic mass is 16.5. The van der Waals surface area contributed by atoms with Crippen molar-refractivity contribution in [2.45, 2.75) is 6.42 Å².